The van der Waals surface area contributed by atoms with Gasteiger partial charge in [0.2, 0.25) is 0 Å². The van der Waals surface area contributed by atoms with Gasteiger partial charge in [0, 0.05) is 18.1 Å². The summed E-state index contributed by atoms with van der Waals surface area (Å²) in [5.41, 5.74) is 1.88. The van der Waals surface area contributed by atoms with Gasteiger partial charge in [0.1, 0.15) is 5.82 Å². The van der Waals surface area contributed by atoms with Crippen molar-refractivity contribution >= 4 is 10.9 Å². The number of aromatic amines is 1. The van der Waals surface area contributed by atoms with Crippen molar-refractivity contribution < 1.29 is 4.39 Å². The van der Waals surface area contributed by atoms with Gasteiger partial charge in [0.05, 0.1) is 5.52 Å². The first kappa shape index (κ1) is 8.92. The first-order valence-corrected chi connectivity index (χ1v) is 5.32. The highest BCUT2D eigenvalue weighted by Gasteiger charge is 2.20. The number of H-pyrrole nitrogens is 1. The van der Waals surface area contributed by atoms with E-state index < -0.39 is 0 Å². The fraction of sp³-hybridized carbons (Fsp3) is 0.333. The van der Waals surface area contributed by atoms with Gasteiger partial charge in [-0.05, 0) is 30.5 Å². The quantitative estimate of drug-likeness (QED) is 0.733. The Morgan fingerprint density at radius 3 is 3.07 bits per heavy atom. The second kappa shape index (κ2) is 3.35. The van der Waals surface area contributed by atoms with E-state index in [9.17, 15) is 4.39 Å². The standard InChI is InChI=1S/C12H13FN2/c13-11-3-1-2-9-10(7-15-12(9)11)8-4-5-14-6-8/h1-3,7-8,14-15H,4-6H2/t8-/m1/s1. The average molecular weight is 204 g/mol. The van der Waals surface area contributed by atoms with Crippen LogP contribution in [-0.2, 0) is 0 Å². The van der Waals surface area contributed by atoms with E-state index in [2.05, 4.69) is 10.3 Å². The number of halogens is 1. The lowest BCUT2D eigenvalue weighted by Gasteiger charge is -2.06. The summed E-state index contributed by atoms with van der Waals surface area (Å²) in [4.78, 5) is 3.03. The minimum atomic E-state index is -0.162. The van der Waals surface area contributed by atoms with Gasteiger partial charge in [0.15, 0.2) is 0 Å². The Hall–Kier alpha value is -1.35. The van der Waals surface area contributed by atoms with Crippen LogP contribution >= 0.6 is 0 Å². The highest BCUT2D eigenvalue weighted by molar-refractivity contribution is 5.84. The zero-order valence-electron chi connectivity index (χ0n) is 8.39. The van der Waals surface area contributed by atoms with Crippen molar-refractivity contribution in [3.05, 3.63) is 35.8 Å². The Morgan fingerprint density at radius 2 is 2.27 bits per heavy atom. The molecule has 1 fully saturated rings. The van der Waals surface area contributed by atoms with Gasteiger partial charge >= 0.3 is 0 Å². The van der Waals surface area contributed by atoms with Gasteiger partial charge in [-0.2, -0.15) is 0 Å². The summed E-state index contributed by atoms with van der Waals surface area (Å²) >= 11 is 0. The van der Waals surface area contributed by atoms with Crippen LogP contribution < -0.4 is 5.32 Å². The number of nitrogens with one attached hydrogen (secondary N) is 2. The molecule has 2 N–H and O–H groups in total. The number of para-hydroxylation sites is 1. The minimum Gasteiger partial charge on any atom is -0.359 e. The van der Waals surface area contributed by atoms with Crippen molar-refractivity contribution in [3.63, 3.8) is 0 Å². The number of hydrogen-bond acceptors (Lipinski definition) is 1. The number of hydrogen-bond donors (Lipinski definition) is 2. The van der Waals surface area contributed by atoms with Gasteiger partial charge in [-0.3, -0.25) is 0 Å². The van der Waals surface area contributed by atoms with E-state index in [-0.39, 0.29) is 5.82 Å². The van der Waals surface area contributed by atoms with Gasteiger partial charge < -0.3 is 10.3 Å². The number of fused-ring (bicyclic) bond motifs is 1. The van der Waals surface area contributed by atoms with Gasteiger partial charge in [0.25, 0.3) is 0 Å². The second-order valence-electron chi connectivity index (χ2n) is 4.10. The smallest absolute Gasteiger partial charge is 0.147 e. The van der Waals surface area contributed by atoms with Crippen LogP contribution in [0.5, 0.6) is 0 Å². The number of aromatic nitrogens is 1. The molecule has 1 aliphatic rings. The normalized spacial score (nSPS) is 21.3. The first-order valence-electron chi connectivity index (χ1n) is 5.32. The average Bonchev–Trinajstić information content (AvgIpc) is 2.85. The molecule has 2 heterocycles. The maximum Gasteiger partial charge on any atom is 0.147 e. The lowest BCUT2D eigenvalue weighted by molar-refractivity contribution is 0.637. The summed E-state index contributed by atoms with van der Waals surface area (Å²) in [7, 11) is 0. The Balaban J connectivity index is 2.15. The third kappa shape index (κ3) is 1.35. The molecule has 3 heteroatoms. The molecule has 2 aromatic rings. The fourth-order valence-electron chi connectivity index (χ4n) is 2.40. The molecular formula is C12H13FN2. The van der Waals surface area contributed by atoms with Crippen molar-refractivity contribution in [2.45, 2.75) is 12.3 Å². The maximum absolute atomic E-state index is 13.4. The Bertz CT molecular complexity index is 483. The molecule has 0 aliphatic carbocycles. The summed E-state index contributed by atoms with van der Waals surface area (Å²) in [6, 6.07) is 5.26. The van der Waals surface area contributed by atoms with Crippen molar-refractivity contribution in [2.24, 2.45) is 0 Å². The fourth-order valence-corrected chi connectivity index (χ4v) is 2.40. The summed E-state index contributed by atoms with van der Waals surface area (Å²) < 4.78 is 13.4. The minimum absolute atomic E-state index is 0.162. The molecule has 3 rings (SSSR count). The van der Waals surface area contributed by atoms with E-state index in [4.69, 9.17) is 0 Å². The van der Waals surface area contributed by atoms with Crippen LogP contribution in [0.4, 0.5) is 4.39 Å². The highest BCUT2D eigenvalue weighted by Crippen LogP contribution is 2.30. The molecule has 0 saturated carbocycles. The second-order valence-corrected chi connectivity index (χ2v) is 4.10. The largest absolute Gasteiger partial charge is 0.359 e. The molecule has 0 bridgehead atoms. The van der Waals surface area contributed by atoms with Crippen LogP contribution in [0.15, 0.2) is 24.4 Å². The van der Waals surface area contributed by atoms with Crippen LogP contribution in [-0.4, -0.2) is 18.1 Å². The van der Waals surface area contributed by atoms with Crippen molar-refractivity contribution in [1.29, 1.82) is 0 Å². The third-order valence-corrected chi connectivity index (χ3v) is 3.20. The van der Waals surface area contributed by atoms with Crippen molar-refractivity contribution in [3.8, 4) is 0 Å². The zero-order valence-corrected chi connectivity index (χ0v) is 8.39. The Morgan fingerprint density at radius 1 is 1.33 bits per heavy atom. The molecule has 1 aromatic heterocycles. The lowest BCUT2D eigenvalue weighted by Crippen LogP contribution is -2.07. The molecule has 15 heavy (non-hydrogen) atoms. The molecular weight excluding hydrogens is 191 g/mol. The van der Waals surface area contributed by atoms with E-state index in [0.29, 0.717) is 11.4 Å². The van der Waals surface area contributed by atoms with E-state index in [1.807, 2.05) is 12.3 Å². The Labute approximate surface area is 87.5 Å². The SMILES string of the molecule is Fc1cccc2c([C@@H]3CCNC3)c[nH]c12. The summed E-state index contributed by atoms with van der Waals surface area (Å²) in [6.07, 6.45) is 3.09. The first-order chi connectivity index (χ1) is 7.36. The lowest BCUT2D eigenvalue weighted by atomic mass is 9.98. The molecule has 1 aliphatic heterocycles. The maximum atomic E-state index is 13.4. The number of benzene rings is 1. The van der Waals surface area contributed by atoms with Crippen LogP contribution in [0.1, 0.15) is 17.9 Å². The van der Waals surface area contributed by atoms with Crippen molar-refractivity contribution in [2.75, 3.05) is 13.1 Å². The van der Waals surface area contributed by atoms with E-state index in [1.165, 1.54) is 11.6 Å². The van der Waals surface area contributed by atoms with Crippen LogP contribution in [0, 0.1) is 5.82 Å². The molecule has 78 valence electrons. The molecule has 2 nitrogen and oxygen atoms in total. The predicted octanol–water partition coefficient (Wildman–Crippen LogP) is 2.38. The summed E-state index contributed by atoms with van der Waals surface area (Å²) in [5, 5.41) is 4.36. The number of rotatable bonds is 1. The third-order valence-electron chi connectivity index (χ3n) is 3.20. The molecule has 1 saturated heterocycles. The zero-order chi connectivity index (χ0) is 10.3. The van der Waals surface area contributed by atoms with Crippen LogP contribution in [0.3, 0.4) is 0 Å². The van der Waals surface area contributed by atoms with Gasteiger partial charge in [-0.25, -0.2) is 4.39 Å². The van der Waals surface area contributed by atoms with E-state index in [1.54, 1.807) is 6.07 Å². The van der Waals surface area contributed by atoms with E-state index in [0.717, 1.165) is 24.9 Å². The molecule has 1 atom stereocenters. The Kier molecular flexibility index (Phi) is 1.99. The van der Waals surface area contributed by atoms with Crippen LogP contribution in [0.2, 0.25) is 0 Å². The van der Waals surface area contributed by atoms with Crippen LogP contribution in [0.25, 0.3) is 10.9 Å². The highest BCUT2D eigenvalue weighted by atomic mass is 19.1. The predicted molar refractivity (Wildman–Crippen MR) is 58.5 cm³/mol. The molecule has 0 spiro atoms. The summed E-state index contributed by atoms with van der Waals surface area (Å²) in [6.45, 7) is 2.07. The monoisotopic (exact) mass is 204 g/mol. The topological polar surface area (TPSA) is 27.8 Å². The van der Waals surface area contributed by atoms with Gasteiger partial charge in [-0.1, -0.05) is 12.1 Å². The molecule has 0 radical (unpaired) electrons. The van der Waals surface area contributed by atoms with E-state index >= 15 is 0 Å². The van der Waals surface area contributed by atoms with Crippen molar-refractivity contribution in [1.82, 2.24) is 10.3 Å². The molecule has 0 amide bonds. The van der Waals surface area contributed by atoms with Gasteiger partial charge in [-0.15, -0.1) is 0 Å². The molecule has 1 aromatic carbocycles. The molecule has 0 unspecified atom stereocenters. The summed E-state index contributed by atoms with van der Waals surface area (Å²) in [5.74, 6) is 0.366.